The molecule has 9 nitrogen and oxygen atoms in total. The van der Waals surface area contributed by atoms with Gasteiger partial charge in [-0.1, -0.05) is 0 Å². The first-order chi connectivity index (χ1) is 9.72. The van der Waals surface area contributed by atoms with Crippen LogP contribution in [0.3, 0.4) is 0 Å². The van der Waals surface area contributed by atoms with E-state index in [4.69, 9.17) is 0 Å². The van der Waals surface area contributed by atoms with E-state index in [9.17, 15) is 28.7 Å². The van der Waals surface area contributed by atoms with E-state index in [1.807, 2.05) is 0 Å². The Balaban J connectivity index is 2.60. The van der Waals surface area contributed by atoms with Crippen molar-refractivity contribution in [2.45, 2.75) is 17.4 Å². The molecule has 10 heteroatoms. The standard InChI is InChI=1S/C11H13N3O6S/c1-11(5-15,6-16)12-10-8-3-2-7(14(17)18)4-9(8)21(19,20)13-10/h2-4,15-16H,5-6H2,1H3,(H,12,13). The SMILES string of the molecule is CC(CO)(CO)N=C1NS(=O)(=O)c2cc([N+](=O)[O-])ccc21. The summed E-state index contributed by atoms with van der Waals surface area (Å²) in [6.45, 7) is 0.464. The van der Waals surface area contributed by atoms with Crippen molar-refractivity contribution in [2.24, 2.45) is 4.99 Å². The number of non-ortho nitro benzene ring substituents is 1. The van der Waals surface area contributed by atoms with Gasteiger partial charge in [-0.15, -0.1) is 0 Å². The minimum atomic E-state index is -3.95. The fourth-order valence-electron chi connectivity index (χ4n) is 1.75. The van der Waals surface area contributed by atoms with Crippen LogP contribution in [0.15, 0.2) is 28.1 Å². The van der Waals surface area contributed by atoms with Gasteiger partial charge in [0.25, 0.3) is 15.7 Å². The Labute approximate surface area is 120 Å². The molecule has 0 spiro atoms. The maximum absolute atomic E-state index is 12.0. The molecule has 21 heavy (non-hydrogen) atoms. The Hall–Kier alpha value is -2.04. The number of amidine groups is 1. The van der Waals surface area contributed by atoms with Gasteiger partial charge in [-0.2, -0.15) is 0 Å². The third-order valence-electron chi connectivity index (χ3n) is 3.01. The molecule has 0 bridgehead atoms. The number of aliphatic hydroxyl groups excluding tert-OH is 2. The summed E-state index contributed by atoms with van der Waals surface area (Å²) in [6, 6.07) is 3.36. The lowest BCUT2D eigenvalue weighted by molar-refractivity contribution is -0.385. The number of nitro benzene ring substituents is 1. The summed E-state index contributed by atoms with van der Waals surface area (Å²) in [6.07, 6.45) is 0. The van der Waals surface area contributed by atoms with Gasteiger partial charge in [-0.3, -0.25) is 19.8 Å². The lowest BCUT2D eigenvalue weighted by Crippen LogP contribution is -2.35. The van der Waals surface area contributed by atoms with Crippen LogP contribution in [0.1, 0.15) is 12.5 Å². The molecular weight excluding hydrogens is 302 g/mol. The molecule has 0 aliphatic carbocycles. The number of fused-ring (bicyclic) bond motifs is 1. The van der Waals surface area contributed by atoms with Crippen molar-refractivity contribution in [3.63, 3.8) is 0 Å². The Morgan fingerprint density at radius 3 is 2.52 bits per heavy atom. The van der Waals surface area contributed by atoms with Crippen molar-refractivity contribution in [1.29, 1.82) is 0 Å². The largest absolute Gasteiger partial charge is 0.394 e. The molecule has 1 aromatic rings. The van der Waals surface area contributed by atoms with Crippen LogP contribution < -0.4 is 4.72 Å². The lowest BCUT2D eigenvalue weighted by Gasteiger charge is -2.20. The highest BCUT2D eigenvalue weighted by Crippen LogP contribution is 2.28. The molecular formula is C11H13N3O6S. The summed E-state index contributed by atoms with van der Waals surface area (Å²) in [7, 11) is -3.95. The summed E-state index contributed by atoms with van der Waals surface area (Å²) in [5.74, 6) is -0.0644. The van der Waals surface area contributed by atoms with E-state index in [1.165, 1.54) is 13.0 Å². The Kier molecular flexibility index (Phi) is 3.70. The second-order valence-corrected chi connectivity index (χ2v) is 6.47. The first-order valence-corrected chi connectivity index (χ1v) is 7.34. The van der Waals surface area contributed by atoms with Gasteiger partial charge in [0.15, 0.2) is 0 Å². The van der Waals surface area contributed by atoms with Gasteiger partial charge in [-0.25, -0.2) is 8.42 Å². The zero-order valence-electron chi connectivity index (χ0n) is 11.0. The molecule has 0 saturated heterocycles. The number of hydrogen-bond donors (Lipinski definition) is 3. The molecule has 0 amide bonds. The van der Waals surface area contributed by atoms with Crippen LogP contribution in [0.4, 0.5) is 5.69 Å². The first kappa shape index (κ1) is 15.4. The normalized spacial score (nSPS) is 18.3. The van der Waals surface area contributed by atoms with Crippen molar-refractivity contribution in [3.8, 4) is 0 Å². The van der Waals surface area contributed by atoms with Crippen LogP contribution in [-0.2, 0) is 10.0 Å². The van der Waals surface area contributed by atoms with E-state index in [0.29, 0.717) is 0 Å². The van der Waals surface area contributed by atoms with Gasteiger partial charge < -0.3 is 10.2 Å². The molecule has 0 unspecified atom stereocenters. The number of aliphatic hydroxyl groups is 2. The molecule has 1 heterocycles. The zero-order chi connectivity index (χ0) is 15.8. The van der Waals surface area contributed by atoms with E-state index in [2.05, 4.69) is 9.71 Å². The summed E-state index contributed by atoms with van der Waals surface area (Å²) >= 11 is 0. The Bertz CT molecular complexity index is 723. The van der Waals surface area contributed by atoms with E-state index >= 15 is 0 Å². The Morgan fingerprint density at radius 2 is 2.00 bits per heavy atom. The van der Waals surface area contributed by atoms with Gasteiger partial charge in [0.05, 0.1) is 18.1 Å². The van der Waals surface area contributed by atoms with Crippen LogP contribution in [0.2, 0.25) is 0 Å². The minimum absolute atomic E-state index is 0.0644. The molecule has 114 valence electrons. The molecule has 1 aliphatic rings. The molecule has 1 aliphatic heterocycles. The Morgan fingerprint density at radius 1 is 1.38 bits per heavy atom. The molecule has 0 saturated carbocycles. The van der Waals surface area contributed by atoms with Crippen LogP contribution in [-0.4, -0.2) is 48.1 Å². The maximum Gasteiger partial charge on any atom is 0.270 e. The monoisotopic (exact) mass is 315 g/mol. The smallest absolute Gasteiger partial charge is 0.270 e. The summed E-state index contributed by atoms with van der Waals surface area (Å²) in [5.41, 5.74) is -1.46. The lowest BCUT2D eigenvalue weighted by atomic mass is 10.1. The number of nitro groups is 1. The van der Waals surface area contributed by atoms with Crippen LogP contribution in [0.5, 0.6) is 0 Å². The minimum Gasteiger partial charge on any atom is -0.394 e. The van der Waals surface area contributed by atoms with Crippen molar-refractivity contribution in [2.75, 3.05) is 13.2 Å². The number of sulfonamides is 1. The molecule has 3 N–H and O–H groups in total. The van der Waals surface area contributed by atoms with Crippen molar-refractivity contribution in [1.82, 2.24) is 4.72 Å². The highest BCUT2D eigenvalue weighted by molar-refractivity contribution is 7.90. The molecule has 0 aromatic heterocycles. The predicted octanol–water partition coefficient (Wildman–Crippen LogP) is -0.623. The molecule has 1 aromatic carbocycles. The van der Waals surface area contributed by atoms with Crippen molar-refractivity contribution in [3.05, 3.63) is 33.9 Å². The van der Waals surface area contributed by atoms with Gasteiger partial charge in [0.1, 0.15) is 16.3 Å². The summed E-state index contributed by atoms with van der Waals surface area (Å²) < 4.78 is 26.1. The van der Waals surface area contributed by atoms with E-state index in [-0.39, 0.29) is 22.0 Å². The fourth-order valence-corrected chi connectivity index (χ4v) is 3.00. The number of benzene rings is 1. The van der Waals surface area contributed by atoms with Gasteiger partial charge >= 0.3 is 0 Å². The summed E-state index contributed by atoms with van der Waals surface area (Å²) in [4.78, 5) is 13.8. The zero-order valence-corrected chi connectivity index (χ0v) is 11.8. The van der Waals surface area contributed by atoms with E-state index in [0.717, 1.165) is 12.1 Å². The topological polar surface area (TPSA) is 142 Å². The van der Waals surface area contributed by atoms with Crippen molar-refractivity contribution >= 4 is 21.5 Å². The highest BCUT2D eigenvalue weighted by atomic mass is 32.2. The number of nitrogens with zero attached hydrogens (tertiary/aromatic N) is 2. The highest BCUT2D eigenvalue weighted by Gasteiger charge is 2.34. The molecule has 0 radical (unpaired) electrons. The average molecular weight is 315 g/mol. The molecule has 0 fully saturated rings. The quantitative estimate of drug-likeness (QED) is 0.499. The average Bonchev–Trinajstić information content (AvgIpc) is 2.69. The number of rotatable bonds is 4. The van der Waals surface area contributed by atoms with Crippen LogP contribution in [0.25, 0.3) is 0 Å². The maximum atomic E-state index is 12.0. The third kappa shape index (κ3) is 2.73. The third-order valence-corrected chi connectivity index (χ3v) is 4.39. The van der Waals surface area contributed by atoms with E-state index < -0.39 is 33.7 Å². The second-order valence-electron chi connectivity index (χ2n) is 4.82. The fraction of sp³-hybridized carbons (Fsp3) is 0.364. The summed E-state index contributed by atoms with van der Waals surface area (Å²) in [5, 5.41) is 29.1. The number of hydrogen-bond acceptors (Lipinski definition) is 7. The predicted molar refractivity (Wildman–Crippen MR) is 72.5 cm³/mol. The van der Waals surface area contributed by atoms with Gasteiger partial charge in [0, 0.05) is 17.7 Å². The van der Waals surface area contributed by atoms with Crippen LogP contribution in [0, 0.1) is 10.1 Å². The van der Waals surface area contributed by atoms with E-state index in [1.54, 1.807) is 0 Å². The molecule has 0 atom stereocenters. The molecule has 2 rings (SSSR count). The number of aliphatic imine (C=N–C) groups is 1. The number of nitrogens with one attached hydrogen (secondary N) is 1. The second kappa shape index (κ2) is 5.06. The van der Waals surface area contributed by atoms with Crippen LogP contribution >= 0.6 is 0 Å². The van der Waals surface area contributed by atoms with Crippen molar-refractivity contribution < 1.29 is 23.6 Å². The van der Waals surface area contributed by atoms with Gasteiger partial charge in [0.2, 0.25) is 0 Å². The first-order valence-electron chi connectivity index (χ1n) is 5.86. The van der Waals surface area contributed by atoms with Gasteiger partial charge in [-0.05, 0) is 13.0 Å².